The predicted octanol–water partition coefficient (Wildman–Crippen LogP) is 2.87. The van der Waals surface area contributed by atoms with E-state index in [2.05, 4.69) is 35.5 Å². The molecule has 0 bridgehead atoms. The van der Waals surface area contributed by atoms with Crippen LogP contribution in [0.4, 0.5) is 0 Å². The highest BCUT2D eigenvalue weighted by atomic mass is 32.1. The van der Waals surface area contributed by atoms with Crippen molar-refractivity contribution in [3.05, 3.63) is 15.4 Å². The summed E-state index contributed by atoms with van der Waals surface area (Å²) >= 11 is 1.71. The van der Waals surface area contributed by atoms with Crippen molar-refractivity contribution in [2.24, 2.45) is 10.2 Å². The number of hydrogen-bond donors (Lipinski definition) is 0. The van der Waals surface area contributed by atoms with Crippen molar-refractivity contribution in [3.63, 3.8) is 0 Å². The zero-order chi connectivity index (χ0) is 11.4. The summed E-state index contributed by atoms with van der Waals surface area (Å²) in [6.07, 6.45) is 1.12. The Morgan fingerprint density at radius 3 is 2.53 bits per heavy atom. The van der Waals surface area contributed by atoms with Gasteiger partial charge in [0.05, 0.1) is 0 Å². The van der Waals surface area contributed by atoms with Crippen LogP contribution in [0.1, 0.15) is 37.8 Å². The Morgan fingerprint density at radius 2 is 2.00 bits per heavy atom. The maximum Gasteiger partial charge on any atom is 0.210 e. The van der Waals surface area contributed by atoms with Crippen LogP contribution in [0.5, 0.6) is 0 Å². The standard InChI is InChI=1S/C11H19N3S/c1-6-7-14-9(4)10(5)15-11(14)13-12-8(2)3/h6-7H2,1-5H3/b13-11-. The van der Waals surface area contributed by atoms with Gasteiger partial charge in [-0.15, -0.1) is 16.4 Å². The Morgan fingerprint density at radius 1 is 1.33 bits per heavy atom. The van der Waals surface area contributed by atoms with Crippen LogP contribution >= 0.6 is 11.3 Å². The molecule has 15 heavy (non-hydrogen) atoms. The summed E-state index contributed by atoms with van der Waals surface area (Å²) in [6, 6.07) is 0. The summed E-state index contributed by atoms with van der Waals surface area (Å²) < 4.78 is 2.24. The Hall–Kier alpha value is -0.900. The summed E-state index contributed by atoms with van der Waals surface area (Å²) in [6.45, 7) is 11.4. The number of aromatic nitrogens is 1. The van der Waals surface area contributed by atoms with Crippen molar-refractivity contribution in [2.75, 3.05) is 0 Å². The first-order chi connectivity index (χ1) is 7.06. The van der Waals surface area contributed by atoms with Crippen LogP contribution in [0.3, 0.4) is 0 Å². The van der Waals surface area contributed by atoms with E-state index in [0.29, 0.717) is 0 Å². The van der Waals surface area contributed by atoms with E-state index in [1.165, 1.54) is 10.6 Å². The quantitative estimate of drug-likeness (QED) is 0.559. The highest BCUT2D eigenvalue weighted by molar-refractivity contribution is 7.09. The van der Waals surface area contributed by atoms with Crippen molar-refractivity contribution in [1.29, 1.82) is 0 Å². The molecule has 1 rings (SSSR count). The van der Waals surface area contributed by atoms with Gasteiger partial charge in [0.1, 0.15) is 0 Å². The minimum absolute atomic E-state index is 0.988. The molecule has 84 valence electrons. The average Bonchev–Trinajstić information content (AvgIpc) is 2.43. The van der Waals surface area contributed by atoms with Crippen molar-refractivity contribution in [2.45, 2.75) is 47.6 Å². The molecule has 0 atom stereocenters. The van der Waals surface area contributed by atoms with Crippen LogP contribution in [0, 0.1) is 13.8 Å². The van der Waals surface area contributed by atoms with Gasteiger partial charge in [-0.25, -0.2) is 0 Å². The molecule has 0 saturated carbocycles. The molecule has 1 aromatic heterocycles. The maximum absolute atomic E-state index is 4.28. The van der Waals surface area contributed by atoms with Crippen LogP contribution in [-0.2, 0) is 6.54 Å². The van der Waals surface area contributed by atoms with E-state index in [9.17, 15) is 0 Å². The van der Waals surface area contributed by atoms with E-state index >= 15 is 0 Å². The van der Waals surface area contributed by atoms with Crippen molar-refractivity contribution >= 4 is 17.0 Å². The van der Waals surface area contributed by atoms with Crippen LogP contribution in [0.25, 0.3) is 0 Å². The number of rotatable bonds is 3. The zero-order valence-electron chi connectivity index (χ0n) is 10.2. The van der Waals surface area contributed by atoms with Crippen molar-refractivity contribution < 1.29 is 0 Å². The van der Waals surface area contributed by atoms with Gasteiger partial charge in [-0.1, -0.05) is 6.92 Å². The third kappa shape index (κ3) is 3.02. The Bertz CT molecular complexity index is 420. The number of thiazole rings is 1. The van der Waals surface area contributed by atoms with Gasteiger partial charge in [0, 0.05) is 22.8 Å². The lowest BCUT2D eigenvalue weighted by Crippen LogP contribution is -2.15. The lowest BCUT2D eigenvalue weighted by Gasteiger charge is -2.02. The third-order valence-electron chi connectivity index (χ3n) is 2.17. The Balaban J connectivity index is 3.23. The highest BCUT2D eigenvalue weighted by Gasteiger charge is 2.04. The van der Waals surface area contributed by atoms with E-state index in [4.69, 9.17) is 0 Å². The van der Waals surface area contributed by atoms with Gasteiger partial charge in [-0.05, 0) is 34.1 Å². The molecule has 0 aliphatic heterocycles. The second-order valence-electron chi connectivity index (χ2n) is 3.83. The molecular formula is C11H19N3S. The Kier molecular flexibility index (Phi) is 4.27. The first-order valence-corrected chi connectivity index (χ1v) is 6.09. The second kappa shape index (κ2) is 5.26. The van der Waals surface area contributed by atoms with E-state index in [0.717, 1.165) is 23.5 Å². The number of hydrogen-bond acceptors (Lipinski definition) is 3. The predicted molar refractivity (Wildman–Crippen MR) is 66.4 cm³/mol. The van der Waals surface area contributed by atoms with Gasteiger partial charge < -0.3 is 4.57 Å². The fourth-order valence-corrected chi connectivity index (χ4v) is 2.26. The van der Waals surface area contributed by atoms with Gasteiger partial charge in [-0.3, -0.25) is 0 Å². The molecule has 4 heteroatoms. The Labute approximate surface area is 95.2 Å². The lowest BCUT2D eigenvalue weighted by atomic mass is 10.4. The fourth-order valence-electron chi connectivity index (χ4n) is 1.30. The summed E-state index contributed by atoms with van der Waals surface area (Å²) in [7, 11) is 0. The second-order valence-corrected chi connectivity index (χ2v) is 5.01. The van der Waals surface area contributed by atoms with Crippen LogP contribution < -0.4 is 4.80 Å². The summed E-state index contributed by atoms with van der Waals surface area (Å²) in [5.74, 6) is 0. The largest absolute Gasteiger partial charge is 0.319 e. The molecule has 3 nitrogen and oxygen atoms in total. The summed E-state index contributed by atoms with van der Waals surface area (Å²) in [5, 5.41) is 8.40. The van der Waals surface area contributed by atoms with Crippen molar-refractivity contribution in [1.82, 2.24) is 4.57 Å². The maximum atomic E-state index is 4.28. The average molecular weight is 225 g/mol. The normalized spacial score (nSPS) is 11.9. The van der Waals surface area contributed by atoms with Gasteiger partial charge >= 0.3 is 0 Å². The molecule has 0 N–H and O–H groups in total. The van der Waals surface area contributed by atoms with Gasteiger partial charge in [0.15, 0.2) is 0 Å². The SMILES string of the molecule is CCCn1c(C)c(C)s/c1=N\N=C(C)C. The van der Waals surface area contributed by atoms with Crippen molar-refractivity contribution in [3.8, 4) is 0 Å². The molecule has 1 heterocycles. The van der Waals surface area contributed by atoms with E-state index in [-0.39, 0.29) is 0 Å². The van der Waals surface area contributed by atoms with Gasteiger partial charge in [0.2, 0.25) is 4.80 Å². The first kappa shape index (κ1) is 12.2. The molecule has 1 aromatic rings. The summed E-state index contributed by atoms with van der Waals surface area (Å²) in [4.78, 5) is 2.33. The molecule has 0 amide bonds. The molecule has 0 fully saturated rings. The van der Waals surface area contributed by atoms with Gasteiger partial charge in [-0.2, -0.15) is 5.10 Å². The van der Waals surface area contributed by atoms with Crippen LogP contribution in [-0.4, -0.2) is 10.3 Å². The minimum Gasteiger partial charge on any atom is -0.319 e. The lowest BCUT2D eigenvalue weighted by molar-refractivity contribution is 0.638. The monoisotopic (exact) mass is 225 g/mol. The molecule has 0 aliphatic carbocycles. The highest BCUT2D eigenvalue weighted by Crippen LogP contribution is 2.10. The molecule has 0 spiro atoms. The molecule has 0 aromatic carbocycles. The topological polar surface area (TPSA) is 29.6 Å². The fraction of sp³-hybridized carbons (Fsp3) is 0.636. The molecule has 0 saturated heterocycles. The number of nitrogens with zero attached hydrogens (tertiary/aromatic N) is 3. The smallest absolute Gasteiger partial charge is 0.210 e. The first-order valence-electron chi connectivity index (χ1n) is 5.28. The molecule has 0 radical (unpaired) electrons. The third-order valence-corrected chi connectivity index (χ3v) is 3.26. The summed E-state index contributed by atoms with van der Waals surface area (Å²) in [5.41, 5.74) is 2.30. The van der Waals surface area contributed by atoms with E-state index < -0.39 is 0 Å². The van der Waals surface area contributed by atoms with Crippen LogP contribution in [0.15, 0.2) is 10.2 Å². The molecule has 0 unspecified atom stereocenters. The number of aryl methyl sites for hydroxylation is 1. The molecular weight excluding hydrogens is 206 g/mol. The van der Waals surface area contributed by atoms with Gasteiger partial charge in [0.25, 0.3) is 0 Å². The van der Waals surface area contributed by atoms with E-state index in [1.807, 2.05) is 13.8 Å². The van der Waals surface area contributed by atoms with Crippen LogP contribution in [0.2, 0.25) is 0 Å². The zero-order valence-corrected chi connectivity index (χ0v) is 11.0. The van der Waals surface area contributed by atoms with E-state index in [1.54, 1.807) is 11.3 Å². The molecule has 0 aliphatic rings. The minimum atomic E-state index is 0.988.